The van der Waals surface area contributed by atoms with Gasteiger partial charge in [-0.05, 0) is 60.3 Å². The van der Waals surface area contributed by atoms with Gasteiger partial charge in [-0.1, -0.05) is 0 Å². The zero-order valence-corrected chi connectivity index (χ0v) is 12.0. The van der Waals surface area contributed by atoms with E-state index >= 15 is 0 Å². The molecule has 1 N–H and O–H groups in total. The Morgan fingerprint density at radius 3 is 1.94 bits per heavy atom. The van der Waals surface area contributed by atoms with Crippen LogP contribution in [0.3, 0.4) is 0 Å². The maximum Gasteiger partial charge on any atom is 0.134 e. The molecule has 1 aliphatic carbocycles. The lowest BCUT2D eigenvalue weighted by Crippen LogP contribution is -2.32. The first kappa shape index (κ1) is 15.3. The maximum absolute atomic E-state index is 10.9. The third kappa shape index (κ3) is 4.86. The molecule has 0 aromatic rings. The number of hydrogen-bond donors (Lipinski definition) is 1. The summed E-state index contributed by atoms with van der Waals surface area (Å²) in [5.41, 5.74) is 0. The van der Waals surface area contributed by atoms with Gasteiger partial charge in [0.05, 0.1) is 0 Å². The van der Waals surface area contributed by atoms with Gasteiger partial charge in [0.1, 0.15) is 11.6 Å². The molecular formula is C14H26N2O2. The zero-order valence-electron chi connectivity index (χ0n) is 12.0. The maximum atomic E-state index is 10.9. The van der Waals surface area contributed by atoms with E-state index in [1.807, 2.05) is 7.05 Å². The summed E-state index contributed by atoms with van der Waals surface area (Å²) in [5.74, 6) is 1.38. The van der Waals surface area contributed by atoms with Crippen molar-refractivity contribution in [1.29, 1.82) is 0 Å². The fraction of sp³-hybridized carbons (Fsp3) is 0.857. The third-order valence-electron chi connectivity index (χ3n) is 3.98. The van der Waals surface area contributed by atoms with E-state index in [0.29, 0.717) is 29.4 Å². The fourth-order valence-corrected chi connectivity index (χ4v) is 2.38. The Balaban J connectivity index is 0.000000184. The van der Waals surface area contributed by atoms with E-state index in [4.69, 9.17) is 0 Å². The van der Waals surface area contributed by atoms with E-state index in [1.54, 1.807) is 13.8 Å². The van der Waals surface area contributed by atoms with E-state index < -0.39 is 0 Å². The average Bonchev–Trinajstić information content (AvgIpc) is 3.09. The molecule has 0 amide bonds. The van der Waals surface area contributed by atoms with Crippen LogP contribution < -0.4 is 5.32 Å². The summed E-state index contributed by atoms with van der Waals surface area (Å²) in [6, 6.07) is 0.493. The molecule has 18 heavy (non-hydrogen) atoms. The molecule has 2 aliphatic rings. The van der Waals surface area contributed by atoms with Gasteiger partial charge < -0.3 is 10.2 Å². The lowest BCUT2D eigenvalue weighted by molar-refractivity contribution is -0.122. The van der Waals surface area contributed by atoms with Crippen LogP contribution in [-0.4, -0.2) is 49.7 Å². The second-order valence-electron chi connectivity index (χ2n) is 5.54. The first-order chi connectivity index (χ1) is 8.45. The van der Waals surface area contributed by atoms with Gasteiger partial charge in [-0.25, -0.2) is 0 Å². The highest BCUT2D eigenvalue weighted by Gasteiger charge is 2.39. The summed E-state index contributed by atoms with van der Waals surface area (Å²) in [5, 5.41) is 3.05. The smallest absolute Gasteiger partial charge is 0.134 e. The molecule has 2 rings (SSSR count). The van der Waals surface area contributed by atoms with Crippen molar-refractivity contribution >= 4 is 11.6 Å². The first-order valence-corrected chi connectivity index (χ1v) is 6.82. The number of piperidine rings is 1. The molecule has 0 aromatic carbocycles. The van der Waals surface area contributed by atoms with Gasteiger partial charge in [-0.2, -0.15) is 0 Å². The number of nitrogens with one attached hydrogen (secondary N) is 1. The number of carbonyl (C=O) groups is 2. The van der Waals surface area contributed by atoms with E-state index in [0.717, 1.165) is 32.4 Å². The minimum absolute atomic E-state index is 0.323. The molecule has 2 fully saturated rings. The summed E-state index contributed by atoms with van der Waals surface area (Å²) >= 11 is 0. The van der Waals surface area contributed by atoms with Crippen LogP contribution in [0.15, 0.2) is 0 Å². The Morgan fingerprint density at radius 2 is 1.67 bits per heavy atom. The Bertz CT molecular complexity index is 296. The number of likely N-dealkylation sites (tertiary alicyclic amines) is 1. The van der Waals surface area contributed by atoms with Gasteiger partial charge >= 0.3 is 0 Å². The van der Waals surface area contributed by atoms with Crippen LogP contribution in [0.1, 0.15) is 33.1 Å². The van der Waals surface area contributed by atoms with Gasteiger partial charge in [0, 0.05) is 17.9 Å². The van der Waals surface area contributed by atoms with Crippen LogP contribution in [-0.2, 0) is 9.59 Å². The molecule has 0 radical (unpaired) electrons. The van der Waals surface area contributed by atoms with Crippen molar-refractivity contribution in [1.82, 2.24) is 10.2 Å². The summed E-state index contributed by atoms with van der Waals surface area (Å²) in [6.07, 6.45) is 3.17. The van der Waals surface area contributed by atoms with Crippen molar-refractivity contribution in [2.75, 3.05) is 27.2 Å². The minimum atomic E-state index is 0.323. The van der Waals surface area contributed by atoms with Gasteiger partial charge in [0.2, 0.25) is 0 Å². The second-order valence-corrected chi connectivity index (χ2v) is 5.54. The number of hydrogen-bond acceptors (Lipinski definition) is 4. The number of carbonyl (C=O) groups excluding carboxylic acids is 2. The topological polar surface area (TPSA) is 49.4 Å². The predicted octanol–water partition coefficient (Wildman–Crippen LogP) is 1.10. The van der Waals surface area contributed by atoms with Crippen LogP contribution in [0.2, 0.25) is 0 Å². The van der Waals surface area contributed by atoms with Crippen LogP contribution in [0, 0.1) is 11.8 Å². The second kappa shape index (κ2) is 7.00. The van der Waals surface area contributed by atoms with Crippen molar-refractivity contribution in [2.24, 2.45) is 11.8 Å². The molecule has 2 atom stereocenters. The van der Waals surface area contributed by atoms with Crippen LogP contribution in [0.25, 0.3) is 0 Å². The molecule has 0 spiro atoms. The molecule has 1 aliphatic heterocycles. The fourth-order valence-electron chi connectivity index (χ4n) is 2.38. The third-order valence-corrected chi connectivity index (χ3v) is 3.98. The summed E-state index contributed by atoms with van der Waals surface area (Å²) in [7, 11) is 4.00. The molecule has 1 saturated carbocycles. The largest absolute Gasteiger partial charge is 0.316 e. The van der Waals surface area contributed by atoms with Crippen molar-refractivity contribution in [3.05, 3.63) is 0 Å². The van der Waals surface area contributed by atoms with E-state index in [-0.39, 0.29) is 0 Å². The Hall–Kier alpha value is -0.740. The van der Waals surface area contributed by atoms with Gasteiger partial charge in [-0.3, -0.25) is 9.59 Å². The summed E-state index contributed by atoms with van der Waals surface area (Å²) < 4.78 is 0. The average molecular weight is 254 g/mol. The SMILES string of the molecule is CC(=O)C1CCN(C)CC1.CNC1CC1C(C)=O. The predicted molar refractivity (Wildman–Crippen MR) is 72.5 cm³/mol. The lowest BCUT2D eigenvalue weighted by atomic mass is 9.94. The van der Waals surface area contributed by atoms with Crippen molar-refractivity contribution < 1.29 is 9.59 Å². The number of rotatable bonds is 3. The number of ketones is 2. The van der Waals surface area contributed by atoms with Crippen molar-refractivity contribution in [3.8, 4) is 0 Å². The normalized spacial score (nSPS) is 28.2. The van der Waals surface area contributed by atoms with E-state index in [2.05, 4.69) is 17.3 Å². The van der Waals surface area contributed by atoms with Gasteiger partial charge in [0.25, 0.3) is 0 Å². The highest BCUT2D eigenvalue weighted by Crippen LogP contribution is 2.30. The van der Waals surface area contributed by atoms with E-state index in [1.165, 1.54) is 0 Å². The first-order valence-electron chi connectivity index (χ1n) is 6.82. The van der Waals surface area contributed by atoms with Gasteiger partial charge in [0.15, 0.2) is 0 Å². The van der Waals surface area contributed by atoms with Crippen LogP contribution in [0.5, 0.6) is 0 Å². The zero-order chi connectivity index (χ0) is 13.7. The Morgan fingerprint density at radius 1 is 1.11 bits per heavy atom. The molecule has 0 aromatic heterocycles. The van der Waals surface area contributed by atoms with Crippen LogP contribution >= 0.6 is 0 Å². The quantitative estimate of drug-likeness (QED) is 0.819. The molecule has 104 valence electrons. The standard InChI is InChI=1S/C8H15NO.C6H11NO/c1-7(10)8-3-5-9(2)6-4-8;1-4(8)5-3-6(5)7-2/h8H,3-6H2,1-2H3;5-7H,3H2,1-2H3. The monoisotopic (exact) mass is 254 g/mol. The molecule has 2 unspecified atom stereocenters. The molecule has 1 saturated heterocycles. The molecular weight excluding hydrogens is 228 g/mol. The molecule has 0 bridgehead atoms. The molecule has 1 heterocycles. The molecule has 4 nitrogen and oxygen atoms in total. The van der Waals surface area contributed by atoms with Crippen molar-refractivity contribution in [3.63, 3.8) is 0 Å². The van der Waals surface area contributed by atoms with Gasteiger partial charge in [-0.15, -0.1) is 0 Å². The summed E-state index contributed by atoms with van der Waals surface area (Å²) in [6.45, 7) is 5.53. The van der Waals surface area contributed by atoms with E-state index in [9.17, 15) is 9.59 Å². The Labute approximate surface area is 110 Å². The van der Waals surface area contributed by atoms with Crippen LogP contribution in [0.4, 0.5) is 0 Å². The molecule has 4 heteroatoms. The van der Waals surface area contributed by atoms with Crippen molar-refractivity contribution in [2.45, 2.75) is 39.2 Å². The lowest BCUT2D eigenvalue weighted by Gasteiger charge is -2.26. The Kier molecular flexibility index (Phi) is 5.96. The highest BCUT2D eigenvalue weighted by atomic mass is 16.1. The number of Topliss-reactive ketones (excluding diaryl/α,β-unsaturated/α-hetero) is 2. The minimum Gasteiger partial charge on any atom is -0.316 e. The number of nitrogens with zero attached hydrogens (tertiary/aromatic N) is 1. The summed E-state index contributed by atoms with van der Waals surface area (Å²) in [4.78, 5) is 23.7. The highest BCUT2D eigenvalue weighted by molar-refractivity contribution is 5.81.